The number of ether oxygens (including phenoxy) is 2. The van der Waals surface area contributed by atoms with Crippen molar-refractivity contribution in [2.24, 2.45) is 0 Å². The second kappa shape index (κ2) is 6.50. The molecule has 0 saturated heterocycles. The van der Waals surface area contributed by atoms with Crippen LogP contribution < -0.4 is 4.74 Å². The SMILES string of the molecule is COc1ncc(Br)c2c1cc(C)n2COCC[Si](C)(C)C. The van der Waals surface area contributed by atoms with Gasteiger partial charge in [0.2, 0.25) is 5.88 Å². The number of hydrogen-bond donors (Lipinski definition) is 0. The van der Waals surface area contributed by atoms with Crippen LogP contribution in [0.4, 0.5) is 0 Å². The van der Waals surface area contributed by atoms with Gasteiger partial charge < -0.3 is 14.0 Å². The highest BCUT2D eigenvalue weighted by atomic mass is 79.9. The maximum Gasteiger partial charge on any atom is 0.222 e. The van der Waals surface area contributed by atoms with Crippen LogP contribution in [0.15, 0.2) is 16.7 Å². The molecule has 0 radical (unpaired) electrons. The first-order valence-corrected chi connectivity index (χ1v) is 11.6. The van der Waals surface area contributed by atoms with Crippen LogP contribution in [0.5, 0.6) is 5.88 Å². The van der Waals surface area contributed by atoms with Gasteiger partial charge in [-0.15, -0.1) is 0 Å². The van der Waals surface area contributed by atoms with E-state index < -0.39 is 8.07 Å². The largest absolute Gasteiger partial charge is 0.481 e. The topological polar surface area (TPSA) is 36.3 Å². The molecule has 0 bridgehead atoms. The minimum absolute atomic E-state index is 0.561. The summed E-state index contributed by atoms with van der Waals surface area (Å²) in [6.45, 7) is 10.5. The summed E-state index contributed by atoms with van der Waals surface area (Å²) in [5.74, 6) is 0.650. The normalized spacial score (nSPS) is 12.1. The van der Waals surface area contributed by atoms with E-state index in [2.05, 4.69) is 58.1 Å². The smallest absolute Gasteiger partial charge is 0.222 e. The van der Waals surface area contributed by atoms with E-state index in [0.29, 0.717) is 12.6 Å². The second-order valence-corrected chi connectivity index (χ2v) is 12.9. The highest BCUT2D eigenvalue weighted by Crippen LogP contribution is 2.32. The molecule has 0 unspecified atom stereocenters. The molecule has 0 aliphatic carbocycles. The van der Waals surface area contributed by atoms with Crippen molar-refractivity contribution in [2.75, 3.05) is 13.7 Å². The standard InChI is InChI=1S/C15H23BrN2O2Si/c1-11-8-12-14(13(16)9-17-15(12)19-2)18(11)10-20-6-7-21(3,4)5/h8-9H,6-7,10H2,1-5H3. The fourth-order valence-corrected chi connectivity index (χ4v) is 3.49. The number of fused-ring (bicyclic) bond motifs is 1. The van der Waals surface area contributed by atoms with E-state index in [1.165, 1.54) is 6.04 Å². The van der Waals surface area contributed by atoms with Gasteiger partial charge in [0.15, 0.2) is 0 Å². The molecule has 0 atom stereocenters. The van der Waals surface area contributed by atoms with Crippen molar-refractivity contribution < 1.29 is 9.47 Å². The molecule has 0 aromatic carbocycles. The monoisotopic (exact) mass is 370 g/mol. The van der Waals surface area contributed by atoms with Crippen molar-refractivity contribution in [1.82, 2.24) is 9.55 Å². The van der Waals surface area contributed by atoms with Gasteiger partial charge in [-0.05, 0) is 35.0 Å². The van der Waals surface area contributed by atoms with Crippen molar-refractivity contribution in [1.29, 1.82) is 0 Å². The van der Waals surface area contributed by atoms with Crippen LogP contribution in [-0.4, -0.2) is 31.3 Å². The maximum absolute atomic E-state index is 5.89. The molecule has 0 N–H and O–H groups in total. The van der Waals surface area contributed by atoms with Crippen LogP contribution in [0, 0.1) is 6.92 Å². The van der Waals surface area contributed by atoms with Crippen LogP contribution in [0.2, 0.25) is 25.7 Å². The average molecular weight is 371 g/mol. The summed E-state index contributed by atoms with van der Waals surface area (Å²) >= 11 is 3.58. The van der Waals surface area contributed by atoms with Crippen LogP contribution in [-0.2, 0) is 11.5 Å². The molecule has 6 heteroatoms. The molecule has 2 heterocycles. The van der Waals surface area contributed by atoms with Crippen molar-refractivity contribution in [3.8, 4) is 5.88 Å². The summed E-state index contributed by atoms with van der Waals surface area (Å²) in [6, 6.07) is 3.27. The Balaban J connectivity index is 2.22. The van der Waals surface area contributed by atoms with Crippen LogP contribution in [0.3, 0.4) is 0 Å². The minimum Gasteiger partial charge on any atom is -0.481 e. The fraction of sp³-hybridized carbons (Fsp3) is 0.533. The summed E-state index contributed by atoms with van der Waals surface area (Å²) in [6.07, 6.45) is 1.78. The van der Waals surface area contributed by atoms with Gasteiger partial charge in [0.05, 0.1) is 22.5 Å². The van der Waals surface area contributed by atoms with Gasteiger partial charge in [-0.1, -0.05) is 19.6 Å². The third-order valence-electron chi connectivity index (χ3n) is 3.47. The Morgan fingerprint density at radius 3 is 2.67 bits per heavy atom. The third-order valence-corrected chi connectivity index (χ3v) is 5.75. The Morgan fingerprint density at radius 2 is 2.05 bits per heavy atom. The first kappa shape index (κ1) is 16.5. The Kier molecular flexibility index (Phi) is 5.11. The zero-order valence-corrected chi connectivity index (χ0v) is 16.0. The van der Waals surface area contributed by atoms with E-state index in [9.17, 15) is 0 Å². The number of methoxy groups -OCH3 is 1. The van der Waals surface area contributed by atoms with Gasteiger partial charge >= 0.3 is 0 Å². The van der Waals surface area contributed by atoms with Crippen LogP contribution >= 0.6 is 15.9 Å². The van der Waals surface area contributed by atoms with Crippen LogP contribution in [0.1, 0.15) is 5.69 Å². The summed E-state index contributed by atoms with van der Waals surface area (Å²) < 4.78 is 14.3. The molecule has 2 rings (SSSR count). The molecule has 2 aromatic heterocycles. The van der Waals surface area contributed by atoms with Gasteiger partial charge in [-0.25, -0.2) is 4.98 Å². The fourth-order valence-electron chi connectivity index (χ4n) is 2.21. The van der Waals surface area contributed by atoms with Gasteiger partial charge in [0.1, 0.15) is 6.73 Å². The van der Waals surface area contributed by atoms with E-state index in [1.54, 1.807) is 13.3 Å². The number of aromatic nitrogens is 2. The lowest BCUT2D eigenvalue weighted by Crippen LogP contribution is -2.22. The van der Waals surface area contributed by atoms with Crippen molar-refractivity contribution in [2.45, 2.75) is 39.3 Å². The number of nitrogens with zero attached hydrogens (tertiary/aromatic N) is 2. The van der Waals surface area contributed by atoms with Crippen molar-refractivity contribution in [3.63, 3.8) is 0 Å². The molecular weight excluding hydrogens is 348 g/mol. The minimum atomic E-state index is -1.05. The van der Waals surface area contributed by atoms with E-state index in [4.69, 9.17) is 9.47 Å². The van der Waals surface area contributed by atoms with Gasteiger partial charge in [-0.2, -0.15) is 0 Å². The molecular formula is C15H23BrN2O2Si. The van der Waals surface area contributed by atoms with Crippen molar-refractivity contribution >= 4 is 34.9 Å². The molecule has 2 aromatic rings. The lowest BCUT2D eigenvalue weighted by Gasteiger charge is -2.16. The lowest BCUT2D eigenvalue weighted by molar-refractivity contribution is 0.0889. The molecule has 4 nitrogen and oxygen atoms in total. The van der Waals surface area contributed by atoms with E-state index in [1.807, 2.05) is 0 Å². The number of rotatable bonds is 6. The second-order valence-electron chi connectivity index (χ2n) is 6.44. The molecule has 0 amide bonds. The molecule has 0 saturated carbocycles. The molecule has 0 aliphatic heterocycles. The third kappa shape index (κ3) is 3.87. The zero-order chi connectivity index (χ0) is 15.6. The van der Waals surface area contributed by atoms with Gasteiger partial charge in [-0.3, -0.25) is 0 Å². The molecule has 0 aliphatic rings. The number of pyridine rings is 1. The predicted molar refractivity (Wildman–Crippen MR) is 92.8 cm³/mol. The Labute approximate surface area is 135 Å². The predicted octanol–water partition coefficient (Wildman–Crippen LogP) is 4.43. The lowest BCUT2D eigenvalue weighted by atomic mass is 10.3. The Hall–Kier alpha value is -0.853. The highest BCUT2D eigenvalue weighted by molar-refractivity contribution is 9.10. The zero-order valence-electron chi connectivity index (χ0n) is 13.4. The molecule has 0 spiro atoms. The van der Waals surface area contributed by atoms with E-state index in [0.717, 1.165) is 27.7 Å². The van der Waals surface area contributed by atoms with Crippen LogP contribution in [0.25, 0.3) is 10.9 Å². The van der Waals surface area contributed by atoms with Crippen molar-refractivity contribution in [3.05, 3.63) is 22.4 Å². The molecule has 21 heavy (non-hydrogen) atoms. The summed E-state index contributed by atoms with van der Waals surface area (Å²) in [7, 11) is 0.600. The van der Waals surface area contributed by atoms with Gasteiger partial charge in [0, 0.05) is 26.6 Å². The number of halogens is 1. The Bertz CT molecular complexity index is 635. The Morgan fingerprint density at radius 1 is 1.33 bits per heavy atom. The summed E-state index contributed by atoms with van der Waals surface area (Å²) in [4.78, 5) is 4.29. The summed E-state index contributed by atoms with van der Waals surface area (Å²) in [5.41, 5.74) is 2.22. The molecule has 116 valence electrons. The first-order chi connectivity index (χ1) is 9.83. The average Bonchev–Trinajstić information content (AvgIpc) is 2.72. The first-order valence-electron chi connectivity index (χ1n) is 7.09. The summed E-state index contributed by atoms with van der Waals surface area (Å²) in [5, 5.41) is 1.01. The highest BCUT2D eigenvalue weighted by Gasteiger charge is 2.15. The van der Waals surface area contributed by atoms with E-state index >= 15 is 0 Å². The maximum atomic E-state index is 5.89. The van der Waals surface area contributed by atoms with E-state index in [-0.39, 0.29) is 0 Å². The van der Waals surface area contributed by atoms with Gasteiger partial charge in [0.25, 0.3) is 0 Å². The quantitative estimate of drug-likeness (QED) is 0.557. The number of aryl methyl sites for hydroxylation is 1. The molecule has 0 fully saturated rings. The number of hydrogen-bond acceptors (Lipinski definition) is 3.